The van der Waals surface area contributed by atoms with Gasteiger partial charge in [-0.05, 0) is 0 Å². The average Bonchev–Trinajstić information content (AvgIpc) is 3.09. The molecule has 0 aromatic carbocycles. The summed E-state index contributed by atoms with van der Waals surface area (Å²) in [4.78, 5) is 68.0. The number of nitrogens with one attached hydrogen (secondary N) is 2. The molecule has 2 unspecified atom stereocenters. The van der Waals surface area contributed by atoms with E-state index in [1.165, 1.54) is 0 Å². The van der Waals surface area contributed by atoms with Crippen molar-refractivity contribution in [2.75, 3.05) is 6.61 Å². The van der Waals surface area contributed by atoms with Crippen LogP contribution >= 0.6 is 15.6 Å². The second-order valence-electron chi connectivity index (χ2n) is 8.52. The first kappa shape index (κ1) is 32.2. The van der Waals surface area contributed by atoms with Gasteiger partial charge in [0, 0.05) is 19.2 Å². The Morgan fingerprint density at radius 2 is 1.73 bits per heavy atom. The van der Waals surface area contributed by atoms with E-state index in [1.807, 2.05) is 10.3 Å². The highest BCUT2D eigenvalue weighted by Gasteiger charge is 2.51. The number of aliphatic hydroxyl groups excluding tert-OH is 4. The van der Waals surface area contributed by atoms with Crippen LogP contribution in [-0.2, 0) is 41.6 Å². The highest BCUT2D eigenvalue weighted by Crippen LogP contribution is 2.61. The molecule has 0 spiro atoms. The minimum absolute atomic E-state index is 0.709. The molecular weight excluding hydrogens is 594 g/mol. The lowest BCUT2D eigenvalue weighted by Gasteiger charge is -2.41. The number of aromatic nitrogens is 2. The van der Waals surface area contributed by atoms with Gasteiger partial charge in [-0.1, -0.05) is 0 Å². The van der Waals surface area contributed by atoms with Gasteiger partial charge in [0.15, 0.2) is 18.6 Å². The largest absolute Gasteiger partial charge is 0.483 e. The lowest BCUT2D eigenvalue weighted by molar-refractivity contribution is -0.236. The molecule has 2 saturated heterocycles. The number of phosphoric ester groups is 2. The second kappa shape index (κ2) is 12.2. The summed E-state index contributed by atoms with van der Waals surface area (Å²) >= 11 is 0. The van der Waals surface area contributed by atoms with Gasteiger partial charge in [-0.2, -0.15) is 4.31 Å². The van der Waals surface area contributed by atoms with E-state index >= 15 is 0 Å². The van der Waals surface area contributed by atoms with Crippen LogP contribution in [0.15, 0.2) is 21.9 Å². The van der Waals surface area contributed by atoms with E-state index in [9.17, 15) is 58.5 Å². The van der Waals surface area contributed by atoms with E-state index < -0.39 is 100 Å². The Hall–Kier alpha value is -2.36. The number of aromatic amines is 1. The van der Waals surface area contributed by atoms with Crippen LogP contribution in [0.2, 0.25) is 0 Å². The van der Waals surface area contributed by atoms with Crippen molar-refractivity contribution in [3.05, 3.63) is 33.1 Å². The van der Waals surface area contributed by atoms with Crippen molar-refractivity contribution in [3.63, 3.8) is 0 Å². The summed E-state index contributed by atoms with van der Waals surface area (Å²) in [6.45, 7) is -0.112. The molecule has 1 aromatic rings. The Morgan fingerprint density at radius 3 is 2.30 bits per heavy atom. The molecule has 0 radical (unpaired) electrons. The van der Waals surface area contributed by atoms with Crippen molar-refractivity contribution in [1.29, 1.82) is 0 Å². The van der Waals surface area contributed by atoms with Crippen molar-refractivity contribution in [2.45, 2.75) is 62.1 Å². The summed E-state index contributed by atoms with van der Waals surface area (Å²) in [6, 6.07) is -0.886. The number of rotatable bonds is 10. The van der Waals surface area contributed by atoms with Crippen LogP contribution < -0.4 is 22.3 Å². The fourth-order valence-electron chi connectivity index (χ4n) is 3.77. The normalized spacial score (nSPS) is 35.4. The van der Waals surface area contributed by atoms with Crippen LogP contribution in [0.3, 0.4) is 0 Å². The van der Waals surface area contributed by atoms with Crippen molar-refractivity contribution in [3.8, 4) is 0 Å². The third-order valence-electron chi connectivity index (χ3n) is 5.56. The van der Waals surface area contributed by atoms with Crippen LogP contribution in [-0.4, -0.2) is 107 Å². The number of nitrogens with zero attached hydrogens (tertiary/aromatic N) is 1. The molecule has 1 aromatic heterocycles. The summed E-state index contributed by atoms with van der Waals surface area (Å²) in [5.74, 6) is -2.19. The maximum atomic E-state index is 12.5. The van der Waals surface area contributed by atoms with E-state index in [-0.39, 0.29) is 0 Å². The number of nitrogens with two attached hydrogens (primary N) is 1. The molecule has 10 N–H and O–H groups in total. The van der Waals surface area contributed by atoms with Gasteiger partial charge in [-0.3, -0.25) is 33.0 Å². The molecule has 2 amide bonds. The SMILES string of the molecule is CC(=O)N[C@H]1[C@@H](OP(=O)(O)OP(=O)(O)OC[C@H]2O[C@@H](n3ccc(=O)[nH]c3=O)[C@H](O)[C@@H]2O)O[C@H](C(N)=O)[C@H](O)[C@@H]1O. The molecule has 0 saturated carbocycles. The summed E-state index contributed by atoms with van der Waals surface area (Å²) in [5.41, 5.74) is 3.27. The lowest BCUT2D eigenvalue weighted by atomic mass is 9.96. The average molecular weight is 620 g/mol. The second-order valence-corrected chi connectivity index (χ2v) is 11.5. The van der Waals surface area contributed by atoms with Gasteiger partial charge in [0.2, 0.25) is 11.8 Å². The van der Waals surface area contributed by atoms with Crippen LogP contribution in [0, 0.1) is 0 Å². The summed E-state index contributed by atoms with van der Waals surface area (Å²) in [7, 11) is -11.3. The maximum absolute atomic E-state index is 12.5. The van der Waals surface area contributed by atoms with Gasteiger partial charge in [0.05, 0.1) is 6.61 Å². The van der Waals surface area contributed by atoms with Gasteiger partial charge < -0.3 is 50.7 Å². The maximum Gasteiger partial charge on any atom is 0.483 e. The number of carbonyl (C=O) groups excluding carboxylic acids is 2. The number of H-pyrrole nitrogens is 1. The molecule has 40 heavy (non-hydrogen) atoms. The molecule has 11 atom stereocenters. The monoisotopic (exact) mass is 620 g/mol. The first-order valence-electron chi connectivity index (χ1n) is 11.0. The molecule has 0 bridgehead atoms. The Kier molecular flexibility index (Phi) is 9.85. The zero-order valence-electron chi connectivity index (χ0n) is 20.2. The topological polar surface area (TPSA) is 329 Å². The molecule has 2 fully saturated rings. The Bertz CT molecular complexity index is 1320. The fraction of sp³-hybridized carbons (Fsp3) is 0.647. The summed E-state index contributed by atoms with van der Waals surface area (Å²) in [6.07, 6.45) is -14.1. The summed E-state index contributed by atoms with van der Waals surface area (Å²) in [5, 5.41) is 42.6. The van der Waals surface area contributed by atoms with Crippen molar-refractivity contribution < 1.29 is 71.8 Å². The van der Waals surface area contributed by atoms with Crippen molar-refractivity contribution >= 4 is 27.5 Å². The predicted molar refractivity (Wildman–Crippen MR) is 122 cm³/mol. The molecule has 226 valence electrons. The van der Waals surface area contributed by atoms with E-state index in [0.29, 0.717) is 4.57 Å². The Morgan fingerprint density at radius 1 is 1.07 bits per heavy atom. The van der Waals surface area contributed by atoms with Gasteiger partial charge in [-0.25, -0.2) is 13.9 Å². The minimum Gasteiger partial charge on any atom is -0.388 e. The smallest absolute Gasteiger partial charge is 0.388 e. The molecule has 2 aliphatic heterocycles. The first-order valence-corrected chi connectivity index (χ1v) is 14.0. The fourth-order valence-corrected chi connectivity index (χ4v) is 5.94. The lowest BCUT2D eigenvalue weighted by Crippen LogP contribution is -2.65. The molecule has 21 nitrogen and oxygen atoms in total. The van der Waals surface area contributed by atoms with Crippen LogP contribution in [0.1, 0.15) is 13.2 Å². The third-order valence-corrected chi connectivity index (χ3v) is 8.16. The minimum atomic E-state index is -5.72. The zero-order valence-corrected chi connectivity index (χ0v) is 21.9. The number of amides is 2. The van der Waals surface area contributed by atoms with Crippen molar-refractivity contribution in [1.82, 2.24) is 14.9 Å². The van der Waals surface area contributed by atoms with Crippen molar-refractivity contribution in [2.24, 2.45) is 5.73 Å². The van der Waals surface area contributed by atoms with E-state index in [0.717, 1.165) is 19.2 Å². The van der Waals surface area contributed by atoms with Gasteiger partial charge in [0.25, 0.3) is 5.56 Å². The van der Waals surface area contributed by atoms with Crippen LogP contribution in [0.5, 0.6) is 0 Å². The van der Waals surface area contributed by atoms with Gasteiger partial charge >= 0.3 is 21.3 Å². The number of aliphatic hydroxyl groups is 4. The van der Waals surface area contributed by atoms with Crippen LogP contribution in [0.4, 0.5) is 0 Å². The van der Waals surface area contributed by atoms with E-state index in [2.05, 4.69) is 13.4 Å². The predicted octanol–water partition coefficient (Wildman–Crippen LogP) is -5.16. The summed E-state index contributed by atoms with van der Waals surface area (Å²) < 4.78 is 49.0. The van der Waals surface area contributed by atoms with Gasteiger partial charge in [-0.15, -0.1) is 0 Å². The zero-order chi connectivity index (χ0) is 30.2. The van der Waals surface area contributed by atoms with E-state index in [4.69, 9.17) is 15.2 Å². The number of ether oxygens (including phenoxy) is 2. The molecular formula is C17H26N4O17P2. The molecule has 0 aliphatic carbocycles. The Balaban J connectivity index is 1.68. The number of phosphoric acid groups is 2. The number of carbonyl (C=O) groups is 2. The van der Waals surface area contributed by atoms with E-state index in [1.54, 1.807) is 0 Å². The number of hydrogen-bond acceptors (Lipinski definition) is 15. The molecule has 3 heterocycles. The highest BCUT2D eigenvalue weighted by molar-refractivity contribution is 7.61. The highest BCUT2D eigenvalue weighted by atomic mass is 31.3. The molecule has 2 aliphatic rings. The van der Waals surface area contributed by atoms with Crippen LogP contribution in [0.25, 0.3) is 0 Å². The third kappa shape index (κ3) is 7.47. The quantitative estimate of drug-likeness (QED) is 0.110. The Labute approximate surface area is 222 Å². The number of hydrogen-bond donors (Lipinski definition) is 9. The number of primary amides is 1. The first-order chi connectivity index (χ1) is 18.4. The molecule has 23 heteroatoms. The molecule has 3 rings (SSSR count). The standard InChI is InChI=1S/C17H26N4O17P2/c1-5(22)19-8-10(25)11(26)13(14(18)28)36-16(8)37-40(32,33)38-39(30,31)34-4-6-9(24)12(27)15(35-6)21-3-2-7(23)20-17(21)29/h2-3,6,8-13,15-16,24-27H,4H2,1H3,(H2,18,28)(H,19,22)(H,30,31)(H,32,33)(H,20,23,29)/t6-,8-,9-,10-,11-,12-,13+,15-,16-/m1/s1. The van der Waals surface area contributed by atoms with Gasteiger partial charge in [0.1, 0.15) is 36.6 Å².